The molecule has 354 valence electrons. The number of unbranched alkanes of at least 4 members (excludes halogenated alkanes) is 8. The van der Waals surface area contributed by atoms with Crippen LogP contribution in [-0.4, -0.2) is 81.6 Å². The van der Waals surface area contributed by atoms with Crippen LogP contribution >= 0.6 is 15.6 Å². The van der Waals surface area contributed by atoms with Gasteiger partial charge < -0.3 is 34.4 Å². The number of phosphoric ester groups is 2. The van der Waals surface area contributed by atoms with Gasteiger partial charge in [-0.2, -0.15) is 0 Å². The molecule has 0 aliphatic heterocycles. The second kappa shape index (κ2) is 40.8. The Hall–Kier alpha value is -3.00. The molecule has 0 bridgehead atoms. The minimum atomic E-state index is -4.88. The number of esters is 2. The monoisotopic (exact) mass is 914 g/mol. The normalized spacial score (nSPS) is 15.4. The molecule has 4 atom stereocenters. The summed E-state index contributed by atoms with van der Waals surface area (Å²) in [5.41, 5.74) is 0. The average Bonchev–Trinajstić information content (AvgIpc) is 3.23. The Morgan fingerprint density at radius 1 is 0.548 bits per heavy atom. The molecule has 14 nitrogen and oxygen atoms in total. The third-order valence-electron chi connectivity index (χ3n) is 8.52. The van der Waals surface area contributed by atoms with Crippen molar-refractivity contribution in [1.82, 2.24) is 0 Å². The highest BCUT2D eigenvalue weighted by Crippen LogP contribution is 2.43. The van der Waals surface area contributed by atoms with Crippen molar-refractivity contribution in [2.24, 2.45) is 0 Å². The molecule has 2 unspecified atom stereocenters. The minimum Gasteiger partial charge on any atom is -0.462 e. The van der Waals surface area contributed by atoms with Crippen LogP contribution in [0.5, 0.6) is 0 Å². The Kier molecular flexibility index (Phi) is 38.8. The van der Waals surface area contributed by atoms with Gasteiger partial charge in [0.15, 0.2) is 6.10 Å². The molecule has 0 aromatic rings. The maximum atomic E-state index is 12.6. The molecule has 0 aliphatic rings. The van der Waals surface area contributed by atoms with Gasteiger partial charge in [-0.05, 0) is 83.5 Å². The van der Waals surface area contributed by atoms with Crippen molar-refractivity contribution in [3.8, 4) is 0 Å². The quantitative estimate of drug-likeness (QED) is 0.0127. The topological polar surface area (TPSA) is 216 Å². The lowest BCUT2D eigenvalue weighted by atomic mass is 10.1. The number of phosphoric acid groups is 2. The fourth-order valence-corrected chi connectivity index (χ4v) is 6.33. The molecule has 0 amide bonds. The van der Waals surface area contributed by atoms with Gasteiger partial charge in [-0.3, -0.25) is 23.2 Å². The molecule has 0 saturated carbocycles. The van der Waals surface area contributed by atoms with E-state index in [4.69, 9.17) is 23.8 Å². The Labute approximate surface area is 371 Å². The summed E-state index contributed by atoms with van der Waals surface area (Å²) in [6, 6.07) is 0. The van der Waals surface area contributed by atoms with Crippen molar-refractivity contribution in [2.75, 3.05) is 26.4 Å². The third kappa shape index (κ3) is 43.6. The summed E-state index contributed by atoms with van der Waals surface area (Å²) in [7, 11) is -9.73. The molecule has 0 aromatic carbocycles. The van der Waals surface area contributed by atoms with Crippen LogP contribution in [0.2, 0.25) is 0 Å². The first-order valence-electron chi connectivity index (χ1n) is 22.0. The maximum absolute atomic E-state index is 12.6. The van der Waals surface area contributed by atoms with Crippen molar-refractivity contribution in [2.45, 2.75) is 154 Å². The van der Waals surface area contributed by atoms with Crippen LogP contribution in [0, 0.1) is 0 Å². The van der Waals surface area contributed by atoms with E-state index in [9.17, 15) is 33.8 Å². The number of ether oxygens (including phenoxy) is 2. The number of rotatable bonds is 40. The molecule has 0 rings (SSSR count). The van der Waals surface area contributed by atoms with E-state index in [0.29, 0.717) is 25.7 Å². The maximum Gasteiger partial charge on any atom is 0.472 e. The molecule has 0 radical (unpaired) electrons. The van der Waals surface area contributed by atoms with E-state index in [2.05, 4.69) is 52.4 Å². The first kappa shape index (κ1) is 59.0. The molecule has 0 heterocycles. The van der Waals surface area contributed by atoms with Gasteiger partial charge in [-0.15, -0.1) is 0 Å². The lowest BCUT2D eigenvalue weighted by Crippen LogP contribution is -2.29. The summed E-state index contributed by atoms with van der Waals surface area (Å²) in [6.07, 6.45) is 44.6. The van der Waals surface area contributed by atoms with Gasteiger partial charge in [0.25, 0.3) is 0 Å². The van der Waals surface area contributed by atoms with Gasteiger partial charge in [0, 0.05) is 12.8 Å². The van der Waals surface area contributed by atoms with E-state index in [0.717, 1.165) is 64.2 Å². The predicted octanol–water partition coefficient (Wildman–Crippen LogP) is 10.3. The Morgan fingerprint density at radius 3 is 1.68 bits per heavy atom. The summed E-state index contributed by atoms with van der Waals surface area (Å²) in [5, 5.41) is 19.5. The molecule has 0 aromatic heterocycles. The van der Waals surface area contributed by atoms with Gasteiger partial charge in [0.1, 0.15) is 12.7 Å². The number of aliphatic hydroxyl groups excluding tert-OH is 2. The molecule has 0 fully saturated rings. The Bertz CT molecular complexity index is 1480. The van der Waals surface area contributed by atoms with E-state index in [-0.39, 0.29) is 12.8 Å². The summed E-state index contributed by atoms with van der Waals surface area (Å²) in [4.78, 5) is 52.7. The van der Waals surface area contributed by atoms with E-state index >= 15 is 0 Å². The van der Waals surface area contributed by atoms with Gasteiger partial charge in [0.2, 0.25) is 0 Å². The molecular weight excluding hydrogens is 838 g/mol. The molecule has 16 heteroatoms. The van der Waals surface area contributed by atoms with Crippen LogP contribution in [0.1, 0.15) is 136 Å². The fourth-order valence-electron chi connectivity index (χ4n) is 5.17. The summed E-state index contributed by atoms with van der Waals surface area (Å²) in [6.45, 7) is 1.37. The highest BCUT2D eigenvalue weighted by molar-refractivity contribution is 7.47. The lowest BCUT2D eigenvalue weighted by Gasteiger charge is -2.20. The van der Waals surface area contributed by atoms with Crippen molar-refractivity contribution >= 4 is 27.6 Å². The molecule has 5 N–H and O–H groups in total. The molecular formula is C46H76O14P2. The first-order valence-corrected chi connectivity index (χ1v) is 25.1. The van der Waals surface area contributed by atoms with Crippen LogP contribution in [0.25, 0.3) is 0 Å². The third-order valence-corrected chi connectivity index (χ3v) is 9.96. The highest BCUT2D eigenvalue weighted by Gasteiger charge is 2.28. The molecule has 62 heavy (non-hydrogen) atoms. The largest absolute Gasteiger partial charge is 0.472 e. The molecule has 0 saturated heterocycles. The second-order valence-corrected chi connectivity index (χ2v) is 17.1. The molecule has 0 aliphatic carbocycles. The van der Waals surface area contributed by atoms with E-state index in [1.54, 1.807) is 6.08 Å². The van der Waals surface area contributed by atoms with Crippen LogP contribution < -0.4 is 0 Å². The van der Waals surface area contributed by atoms with Crippen LogP contribution in [0.3, 0.4) is 0 Å². The van der Waals surface area contributed by atoms with Crippen molar-refractivity contribution in [1.29, 1.82) is 0 Å². The Balaban J connectivity index is 4.70. The number of carbonyl (C=O) groups excluding carboxylic acids is 2. The van der Waals surface area contributed by atoms with E-state index < -0.39 is 72.3 Å². The number of hydrogen-bond donors (Lipinski definition) is 5. The van der Waals surface area contributed by atoms with E-state index in [1.807, 2.05) is 61.6 Å². The van der Waals surface area contributed by atoms with Gasteiger partial charge in [-0.1, -0.05) is 137 Å². The van der Waals surface area contributed by atoms with E-state index in [1.165, 1.54) is 19.3 Å². The van der Waals surface area contributed by atoms with Gasteiger partial charge in [0.05, 0.1) is 25.9 Å². The SMILES string of the molecule is CC/C=C\C(O)C/C=C/C=C\C/C=C\C/C=C\CCCC(=O)O[C@H](COC(=O)CCCCCC/C=C\C/C=C\C/C=C\CCCCC)COP(=O)(O)OC[C@@H](O)COP(=O)(O)O. The number of carbonyl (C=O) groups is 2. The Morgan fingerprint density at radius 2 is 1.06 bits per heavy atom. The van der Waals surface area contributed by atoms with Crippen LogP contribution in [-0.2, 0) is 41.8 Å². The summed E-state index contributed by atoms with van der Waals surface area (Å²) in [5.74, 6) is -1.16. The number of aliphatic hydroxyl groups is 2. The van der Waals surface area contributed by atoms with Gasteiger partial charge in [-0.25, -0.2) is 9.13 Å². The van der Waals surface area contributed by atoms with Crippen molar-refractivity contribution in [3.05, 3.63) is 97.2 Å². The average molecular weight is 915 g/mol. The highest BCUT2D eigenvalue weighted by atomic mass is 31.2. The van der Waals surface area contributed by atoms with Crippen LogP contribution in [0.15, 0.2) is 97.2 Å². The smallest absolute Gasteiger partial charge is 0.462 e. The summed E-state index contributed by atoms with van der Waals surface area (Å²) < 4.78 is 47.7. The molecule has 0 spiro atoms. The summed E-state index contributed by atoms with van der Waals surface area (Å²) >= 11 is 0. The lowest BCUT2D eigenvalue weighted by molar-refractivity contribution is -0.161. The predicted molar refractivity (Wildman–Crippen MR) is 245 cm³/mol. The van der Waals surface area contributed by atoms with Crippen LogP contribution in [0.4, 0.5) is 0 Å². The number of allylic oxidation sites excluding steroid dienone is 14. The number of hydrogen-bond acceptors (Lipinski definition) is 11. The zero-order valence-corrected chi connectivity index (χ0v) is 38.8. The first-order chi connectivity index (χ1) is 29.8. The van der Waals surface area contributed by atoms with Gasteiger partial charge >= 0.3 is 27.6 Å². The second-order valence-electron chi connectivity index (χ2n) is 14.4. The van der Waals surface area contributed by atoms with Crippen molar-refractivity contribution in [3.63, 3.8) is 0 Å². The minimum absolute atomic E-state index is 0.0245. The zero-order valence-electron chi connectivity index (χ0n) is 37.0. The standard InChI is InChI=1S/C46H76O14P2/c1-3-5-7-8-9-10-11-12-13-14-15-16-20-23-26-29-32-36-45(49)56-40-44(41-59-62(54,55)58-39-43(48)38-57-61(51,52)53)60-46(50)37-33-30-27-24-21-18-17-19-22-25-28-31-35-42(47)34-6-4-2/h6,9-10,12-13,15-18,22,24-25,27-28,31,34,42-44,47-48H,3-5,7-8,11,14,19-21,23,26,29-30,32-33,35-41H2,1-2H3,(H,54,55)(H2,51,52,53)/b10-9-,13-12-,16-15-,18-17-,25-22-,27-24-,31-28+,34-6-/t42?,43-,44+/m0/s1. The zero-order chi connectivity index (χ0) is 46.0. The van der Waals surface area contributed by atoms with Crippen molar-refractivity contribution < 1.29 is 66.7 Å². The fraction of sp³-hybridized carbons (Fsp3) is 0.609.